The summed E-state index contributed by atoms with van der Waals surface area (Å²) >= 11 is 6.55. The van der Waals surface area contributed by atoms with Gasteiger partial charge in [-0.25, -0.2) is 9.78 Å². The van der Waals surface area contributed by atoms with Gasteiger partial charge in [0.15, 0.2) is 0 Å². The fourth-order valence-electron chi connectivity index (χ4n) is 4.83. The molecule has 1 amide bonds. The number of aromatic amines is 1. The summed E-state index contributed by atoms with van der Waals surface area (Å²) in [7, 11) is 0. The van der Waals surface area contributed by atoms with Gasteiger partial charge in [-0.05, 0) is 50.3 Å². The van der Waals surface area contributed by atoms with Crippen molar-refractivity contribution in [2.24, 2.45) is 0 Å². The van der Waals surface area contributed by atoms with E-state index in [-0.39, 0.29) is 17.6 Å². The number of pyridine rings is 1. The quantitative estimate of drug-likeness (QED) is 0.672. The Hall–Kier alpha value is -2.80. The fourth-order valence-corrected chi connectivity index (χ4v) is 5.12. The van der Waals surface area contributed by atoms with E-state index in [0.717, 1.165) is 62.9 Å². The molecular formula is C23H26ClN5O2. The van der Waals surface area contributed by atoms with Gasteiger partial charge in [-0.15, -0.1) is 0 Å². The minimum Gasteiger partial charge on any atom is -0.355 e. The van der Waals surface area contributed by atoms with E-state index < -0.39 is 0 Å². The molecule has 2 fully saturated rings. The lowest BCUT2D eigenvalue weighted by atomic mass is 10.0. The average molecular weight is 440 g/mol. The Morgan fingerprint density at radius 1 is 1.06 bits per heavy atom. The number of H-pyrrole nitrogens is 1. The number of aromatic nitrogens is 3. The number of carbonyl (C=O) groups excluding carboxylic acids is 1. The second-order valence-electron chi connectivity index (χ2n) is 8.42. The molecule has 1 aromatic carbocycles. The van der Waals surface area contributed by atoms with Crippen LogP contribution in [0, 0.1) is 0 Å². The molecule has 5 rings (SSSR count). The second-order valence-corrected chi connectivity index (χ2v) is 8.83. The number of hydrogen-bond acceptors (Lipinski definition) is 4. The Kier molecular flexibility index (Phi) is 5.44. The normalized spacial score (nSPS) is 18.0. The van der Waals surface area contributed by atoms with Gasteiger partial charge in [0.05, 0.1) is 21.6 Å². The number of fused-ring (bicyclic) bond motifs is 1. The Bertz CT molecular complexity index is 1160. The summed E-state index contributed by atoms with van der Waals surface area (Å²) in [5.74, 6) is 0.722. The lowest BCUT2D eigenvalue weighted by Crippen LogP contribution is -2.38. The molecule has 0 spiro atoms. The van der Waals surface area contributed by atoms with Crippen molar-refractivity contribution in [2.45, 2.75) is 38.1 Å². The maximum Gasteiger partial charge on any atom is 0.326 e. The topological polar surface area (TPSA) is 74.2 Å². The van der Waals surface area contributed by atoms with Crippen LogP contribution in [0.3, 0.4) is 0 Å². The van der Waals surface area contributed by atoms with Crippen LogP contribution in [-0.2, 0) is 0 Å². The van der Waals surface area contributed by atoms with Crippen molar-refractivity contribution < 1.29 is 4.79 Å². The van der Waals surface area contributed by atoms with Gasteiger partial charge >= 0.3 is 5.69 Å². The van der Waals surface area contributed by atoms with Crippen molar-refractivity contribution in [1.29, 1.82) is 0 Å². The van der Waals surface area contributed by atoms with Crippen molar-refractivity contribution >= 4 is 34.4 Å². The first-order valence-electron chi connectivity index (χ1n) is 11.0. The predicted octanol–water partition coefficient (Wildman–Crippen LogP) is 3.85. The second kappa shape index (κ2) is 8.38. The number of carbonyl (C=O) groups is 1. The molecule has 7 nitrogen and oxygen atoms in total. The van der Waals surface area contributed by atoms with Gasteiger partial charge in [0.1, 0.15) is 5.82 Å². The number of benzene rings is 1. The minimum atomic E-state index is -0.0589. The highest BCUT2D eigenvalue weighted by Gasteiger charge is 2.26. The third-order valence-corrected chi connectivity index (χ3v) is 6.74. The van der Waals surface area contributed by atoms with Crippen LogP contribution in [0.25, 0.3) is 11.0 Å². The number of imidazole rings is 1. The number of hydrogen-bond donors (Lipinski definition) is 1. The molecule has 4 heterocycles. The van der Waals surface area contributed by atoms with Crippen LogP contribution in [0.15, 0.2) is 41.3 Å². The Balaban J connectivity index is 1.30. The van der Waals surface area contributed by atoms with Crippen molar-refractivity contribution in [3.8, 4) is 0 Å². The Labute approximate surface area is 185 Å². The van der Waals surface area contributed by atoms with Crippen LogP contribution >= 0.6 is 11.6 Å². The number of para-hydroxylation sites is 2. The molecular weight excluding hydrogens is 414 g/mol. The Morgan fingerprint density at radius 2 is 1.81 bits per heavy atom. The van der Waals surface area contributed by atoms with E-state index in [0.29, 0.717) is 16.4 Å². The summed E-state index contributed by atoms with van der Waals surface area (Å²) in [4.78, 5) is 36.8. The molecule has 0 aliphatic carbocycles. The van der Waals surface area contributed by atoms with Crippen LogP contribution in [0.1, 0.15) is 48.5 Å². The maximum atomic E-state index is 12.7. The van der Waals surface area contributed by atoms with Crippen molar-refractivity contribution in [1.82, 2.24) is 19.4 Å². The number of rotatable bonds is 3. The monoisotopic (exact) mass is 439 g/mol. The highest BCUT2D eigenvalue weighted by atomic mass is 35.5. The minimum absolute atomic E-state index is 0.0121. The highest BCUT2D eigenvalue weighted by Crippen LogP contribution is 2.31. The first-order valence-corrected chi connectivity index (χ1v) is 11.4. The molecule has 8 heteroatoms. The van der Waals surface area contributed by atoms with Gasteiger partial charge in [-0.2, -0.15) is 0 Å². The third kappa shape index (κ3) is 3.82. The molecule has 0 unspecified atom stereocenters. The first kappa shape index (κ1) is 20.1. The average Bonchev–Trinajstić information content (AvgIpc) is 3.15. The molecule has 2 aromatic heterocycles. The number of likely N-dealkylation sites (tertiary alicyclic amines) is 1. The summed E-state index contributed by atoms with van der Waals surface area (Å²) < 4.78 is 1.88. The third-order valence-electron chi connectivity index (χ3n) is 6.47. The standard InChI is InChI=1S/C23H26ClN5O2/c24-18-14-16(22(30)28-10-4-1-5-11-28)15-25-21(18)27-12-8-17(9-13-27)29-20-7-3-2-6-19(20)26-23(29)31/h2-3,6-7,14-15,17H,1,4-5,8-13H2,(H,26,31). The number of nitrogens with one attached hydrogen (secondary N) is 1. The van der Waals surface area contributed by atoms with E-state index in [9.17, 15) is 9.59 Å². The molecule has 0 bridgehead atoms. The summed E-state index contributed by atoms with van der Waals surface area (Å²) in [6.07, 6.45) is 6.60. The number of amides is 1. The molecule has 0 radical (unpaired) electrons. The van der Waals surface area contributed by atoms with E-state index >= 15 is 0 Å². The summed E-state index contributed by atoms with van der Waals surface area (Å²) in [6, 6.07) is 9.68. The number of piperidine rings is 2. The lowest BCUT2D eigenvalue weighted by Gasteiger charge is -2.34. The predicted molar refractivity (Wildman–Crippen MR) is 122 cm³/mol. The summed E-state index contributed by atoms with van der Waals surface area (Å²) in [5.41, 5.74) is 2.31. The van der Waals surface area contributed by atoms with Crippen LogP contribution < -0.4 is 10.6 Å². The van der Waals surface area contributed by atoms with E-state index in [1.165, 1.54) is 6.42 Å². The van der Waals surface area contributed by atoms with Crippen LogP contribution in [0.4, 0.5) is 5.82 Å². The van der Waals surface area contributed by atoms with Gasteiger partial charge in [-0.1, -0.05) is 23.7 Å². The van der Waals surface area contributed by atoms with Gasteiger partial charge in [-0.3, -0.25) is 9.36 Å². The molecule has 31 heavy (non-hydrogen) atoms. The van der Waals surface area contributed by atoms with E-state index in [1.54, 1.807) is 12.3 Å². The van der Waals surface area contributed by atoms with Crippen molar-refractivity contribution in [3.05, 3.63) is 57.6 Å². The van der Waals surface area contributed by atoms with Crippen LogP contribution in [0.2, 0.25) is 5.02 Å². The van der Waals surface area contributed by atoms with Crippen molar-refractivity contribution in [2.75, 3.05) is 31.1 Å². The number of halogens is 1. The van der Waals surface area contributed by atoms with E-state index in [1.807, 2.05) is 33.7 Å². The smallest absolute Gasteiger partial charge is 0.326 e. The molecule has 0 saturated carbocycles. The van der Waals surface area contributed by atoms with Gasteiger partial charge in [0.25, 0.3) is 5.91 Å². The van der Waals surface area contributed by atoms with Crippen molar-refractivity contribution in [3.63, 3.8) is 0 Å². The molecule has 2 aliphatic heterocycles. The highest BCUT2D eigenvalue weighted by molar-refractivity contribution is 6.33. The van der Waals surface area contributed by atoms with Crippen LogP contribution in [-0.4, -0.2) is 51.5 Å². The number of anilines is 1. The molecule has 2 saturated heterocycles. The van der Waals surface area contributed by atoms with Gasteiger partial charge in [0, 0.05) is 38.4 Å². The zero-order valence-electron chi connectivity index (χ0n) is 17.4. The number of nitrogens with zero attached hydrogens (tertiary/aromatic N) is 4. The van der Waals surface area contributed by atoms with Crippen LogP contribution in [0.5, 0.6) is 0 Å². The molecule has 162 valence electrons. The largest absolute Gasteiger partial charge is 0.355 e. The molecule has 3 aromatic rings. The summed E-state index contributed by atoms with van der Waals surface area (Å²) in [5, 5.41) is 0.505. The summed E-state index contributed by atoms with van der Waals surface area (Å²) in [6.45, 7) is 3.11. The van der Waals surface area contributed by atoms with E-state index in [4.69, 9.17) is 11.6 Å². The molecule has 0 atom stereocenters. The van der Waals surface area contributed by atoms with Gasteiger partial charge in [0.2, 0.25) is 0 Å². The zero-order chi connectivity index (χ0) is 21.4. The SMILES string of the molecule is O=C(c1cnc(N2CCC(n3c(=O)[nH]c4ccccc43)CC2)c(Cl)c1)N1CCCCC1. The molecule has 2 aliphatic rings. The van der Waals surface area contributed by atoms with Gasteiger partial charge < -0.3 is 14.8 Å². The first-order chi connectivity index (χ1) is 15.1. The van der Waals surface area contributed by atoms with E-state index in [2.05, 4.69) is 14.9 Å². The maximum absolute atomic E-state index is 12.7. The lowest BCUT2D eigenvalue weighted by molar-refractivity contribution is 0.0724. The molecule has 1 N–H and O–H groups in total. The fraction of sp³-hybridized carbons (Fsp3) is 0.435. The Morgan fingerprint density at radius 3 is 2.55 bits per heavy atom. The zero-order valence-corrected chi connectivity index (χ0v) is 18.1.